The smallest absolute Gasteiger partial charge is 0.0469 e. The quantitative estimate of drug-likeness (QED) is 0.771. The van der Waals surface area contributed by atoms with Crippen LogP contribution in [0.5, 0.6) is 0 Å². The van der Waals surface area contributed by atoms with Crippen LogP contribution in [0.2, 0.25) is 0 Å². The average Bonchev–Trinajstić information content (AvgIpc) is 2.32. The van der Waals surface area contributed by atoms with Crippen LogP contribution < -0.4 is 5.32 Å². The maximum absolute atomic E-state index is 5.37. The van der Waals surface area contributed by atoms with E-state index < -0.39 is 0 Å². The molecule has 0 bridgehead atoms. The van der Waals surface area contributed by atoms with E-state index in [0.29, 0.717) is 0 Å². The summed E-state index contributed by atoms with van der Waals surface area (Å²) in [6, 6.07) is 0. The molecular formula is C13H25NO. The Morgan fingerprint density at radius 1 is 0.800 bits per heavy atom. The van der Waals surface area contributed by atoms with Gasteiger partial charge in [0.05, 0.1) is 0 Å². The first kappa shape index (κ1) is 11.4. The molecule has 2 rings (SSSR count). The van der Waals surface area contributed by atoms with E-state index in [1.807, 2.05) is 0 Å². The third kappa shape index (κ3) is 4.12. The fourth-order valence-electron chi connectivity index (χ4n) is 2.83. The van der Waals surface area contributed by atoms with Crippen LogP contribution in [0.4, 0.5) is 0 Å². The van der Waals surface area contributed by atoms with Crippen molar-refractivity contribution in [2.24, 2.45) is 11.8 Å². The molecule has 0 unspecified atom stereocenters. The van der Waals surface area contributed by atoms with Crippen LogP contribution in [0, 0.1) is 11.8 Å². The van der Waals surface area contributed by atoms with E-state index in [-0.39, 0.29) is 0 Å². The summed E-state index contributed by atoms with van der Waals surface area (Å²) in [6.07, 6.45) is 9.83. The van der Waals surface area contributed by atoms with Crippen molar-refractivity contribution in [3.05, 3.63) is 0 Å². The van der Waals surface area contributed by atoms with Crippen molar-refractivity contribution in [3.8, 4) is 0 Å². The van der Waals surface area contributed by atoms with Gasteiger partial charge in [-0.1, -0.05) is 19.3 Å². The molecule has 1 heterocycles. The Morgan fingerprint density at radius 2 is 1.40 bits per heavy atom. The van der Waals surface area contributed by atoms with Gasteiger partial charge < -0.3 is 10.1 Å². The number of nitrogens with one attached hydrogen (secondary N) is 1. The van der Waals surface area contributed by atoms with Gasteiger partial charge in [-0.3, -0.25) is 0 Å². The summed E-state index contributed by atoms with van der Waals surface area (Å²) < 4.78 is 5.37. The second kappa shape index (κ2) is 6.49. The van der Waals surface area contributed by atoms with Gasteiger partial charge in [0.1, 0.15) is 0 Å². The van der Waals surface area contributed by atoms with Gasteiger partial charge in [-0.2, -0.15) is 0 Å². The van der Waals surface area contributed by atoms with Crippen LogP contribution >= 0.6 is 0 Å². The van der Waals surface area contributed by atoms with Crippen LogP contribution in [-0.4, -0.2) is 26.3 Å². The van der Waals surface area contributed by atoms with Gasteiger partial charge in [0.15, 0.2) is 0 Å². The number of ether oxygens (including phenoxy) is 1. The highest BCUT2D eigenvalue weighted by atomic mass is 16.5. The molecular weight excluding hydrogens is 186 g/mol. The van der Waals surface area contributed by atoms with Crippen molar-refractivity contribution < 1.29 is 4.74 Å². The van der Waals surface area contributed by atoms with Crippen molar-refractivity contribution in [2.45, 2.75) is 44.9 Å². The summed E-state index contributed by atoms with van der Waals surface area (Å²) in [5.74, 6) is 1.85. The van der Waals surface area contributed by atoms with E-state index in [1.54, 1.807) is 0 Å². The Balaban J connectivity index is 1.53. The molecule has 0 atom stereocenters. The van der Waals surface area contributed by atoms with Gasteiger partial charge >= 0.3 is 0 Å². The lowest BCUT2D eigenvalue weighted by molar-refractivity contribution is 0.0659. The molecule has 88 valence electrons. The van der Waals surface area contributed by atoms with Crippen LogP contribution in [-0.2, 0) is 4.74 Å². The van der Waals surface area contributed by atoms with E-state index in [4.69, 9.17) is 4.74 Å². The molecule has 1 saturated carbocycles. The predicted octanol–water partition coefficient (Wildman–Crippen LogP) is 2.58. The number of hydrogen-bond donors (Lipinski definition) is 1. The van der Waals surface area contributed by atoms with Crippen LogP contribution in [0.3, 0.4) is 0 Å². The van der Waals surface area contributed by atoms with Gasteiger partial charge in [0.2, 0.25) is 0 Å². The van der Waals surface area contributed by atoms with E-state index in [9.17, 15) is 0 Å². The van der Waals surface area contributed by atoms with Crippen LogP contribution in [0.15, 0.2) is 0 Å². The van der Waals surface area contributed by atoms with E-state index in [2.05, 4.69) is 5.32 Å². The lowest BCUT2D eigenvalue weighted by Crippen LogP contribution is -2.31. The molecule has 0 aromatic carbocycles. The van der Waals surface area contributed by atoms with Crippen molar-refractivity contribution >= 4 is 0 Å². The van der Waals surface area contributed by atoms with E-state index in [0.717, 1.165) is 25.0 Å². The van der Waals surface area contributed by atoms with Gasteiger partial charge in [-0.15, -0.1) is 0 Å². The zero-order valence-electron chi connectivity index (χ0n) is 9.84. The molecule has 2 heteroatoms. The SMILES string of the molecule is C1CCC(CNCC2CCOCC2)CC1. The molecule has 0 aromatic heterocycles. The molecule has 0 spiro atoms. The molecule has 15 heavy (non-hydrogen) atoms. The molecule has 2 nitrogen and oxygen atoms in total. The minimum atomic E-state index is 0.877. The molecule has 0 radical (unpaired) electrons. The monoisotopic (exact) mass is 211 g/mol. The minimum absolute atomic E-state index is 0.877. The minimum Gasteiger partial charge on any atom is -0.381 e. The molecule has 0 aromatic rings. The molecule has 1 N–H and O–H groups in total. The Hall–Kier alpha value is -0.0800. The largest absolute Gasteiger partial charge is 0.381 e. The topological polar surface area (TPSA) is 21.3 Å². The zero-order chi connectivity index (χ0) is 10.3. The first-order valence-electron chi connectivity index (χ1n) is 6.73. The molecule has 1 aliphatic heterocycles. The Morgan fingerprint density at radius 3 is 2.07 bits per heavy atom. The normalized spacial score (nSPS) is 25.6. The van der Waals surface area contributed by atoms with Crippen molar-refractivity contribution in [1.29, 1.82) is 0 Å². The van der Waals surface area contributed by atoms with Crippen molar-refractivity contribution in [3.63, 3.8) is 0 Å². The average molecular weight is 211 g/mol. The second-order valence-electron chi connectivity index (χ2n) is 5.22. The van der Waals surface area contributed by atoms with Gasteiger partial charge in [0, 0.05) is 13.2 Å². The lowest BCUT2D eigenvalue weighted by Gasteiger charge is -2.25. The summed E-state index contributed by atoms with van der Waals surface area (Å²) in [6.45, 7) is 4.45. The van der Waals surface area contributed by atoms with Gasteiger partial charge in [-0.25, -0.2) is 0 Å². The molecule has 1 aliphatic carbocycles. The fourth-order valence-corrected chi connectivity index (χ4v) is 2.83. The van der Waals surface area contributed by atoms with Crippen molar-refractivity contribution in [2.75, 3.05) is 26.3 Å². The first-order valence-corrected chi connectivity index (χ1v) is 6.73. The third-order valence-electron chi connectivity index (χ3n) is 3.93. The number of hydrogen-bond acceptors (Lipinski definition) is 2. The number of rotatable bonds is 4. The maximum atomic E-state index is 5.37. The summed E-state index contributed by atoms with van der Waals surface area (Å²) in [7, 11) is 0. The Labute approximate surface area is 93.8 Å². The highest BCUT2D eigenvalue weighted by molar-refractivity contribution is 4.71. The van der Waals surface area contributed by atoms with E-state index in [1.165, 1.54) is 58.0 Å². The predicted molar refractivity (Wildman–Crippen MR) is 63.0 cm³/mol. The summed E-state index contributed by atoms with van der Waals surface area (Å²) in [4.78, 5) is 0. The molecule has 2 aliphatic rings. The fraction of sp³-hybridized carbons (Fsp3) is 1.00. The van der Waals surface area contributed by atoms with E-state index >= 15 is 0 Å². The maximum Gasteiger partial charge on any atom is 0.0469 e. The molecule has 2 fully saturated rings. The summed E-state index contributed by atoms with van der Waals surface area (Å²) in [5.41, 5.74) is 0. The molecule has 0 amide bonds. The lowest BCUT2D eigenvalue weighted by atomic mass is 9.89. The Bertz CT molecular complexity index is 142. The van der Waals surface area contributed by atoms with Gasteiger partial charge in [-0.05, 0) is 50.6 Å². The highest BCUT2D eigenvalue weighted by Gasteiger charge is 2.15. The standard InChI is InChI=1S/C13H25NO/c1-2-4-12(5-3-1)10-14-11-13-6-8-15-9-7-13/h12-14H,1-11H2. The molecule has 1 saturated heterocycles. The van der Waals surface area contributed by atoms with Crippen molar-refractivity contribution in [1.82, 2.24) is 5.32 Å². The van der Waals surface area contributed by atoms with Crippen LogP contribution in [0.25, 0.3) is 0 Å². The summed E-state index contributed by atoms with van der Waals surface area (Å²) >= 11 is 0. The third-order valence-corrected chi connectivity index (χ3v) is 3.93. The highest BCUT2D eigenvalue weighted by Crippen LogP contribution is 2.23. The van der Waals surface area contributed by atoms with Crippen LogP contribution in [0.1, 0.15) is 44.9 Å². The van der Waals surface area contributed by atoms with Gasteiger partial charge in [0.25, 0.3) is 0 Å². The zero-order valence-corrected chi connectivity index (χ0v) is 9.84. The Kier molecular flexibility index (Phi) is 4.94. The first-order chi connectivity index (χ1) is 7.45. The second-order valence-corrected chi connectivity index (χ2v) is 5.22. The summed E-state index contributed by atoms with van der Waals surface area (Å²) in [5, 5.41) is 3.67.